The summed E-state index contributed by atoms with van der Waals surface area (Å²) >= 11 is 0. The summed E-state index contributed by atoms with van der Waals surface area (Å²) in [6.45, 7) is 6.73. The van der Waals surface area contributed by atoms with E-state index in [0.717, 1.165) is 31.6 Å². The Morgan fingerprint density at radius 3 is 2.74 bits per heavy atom. The van der Waals surface area contributed by atoms with Crippen LogP contribution in [0.2, 0.25) is 0 Å². The molecule has 108 valence electrons. The number of hydrogen-bond donors (Lipinski definition) is 2. The molecule has 19 heavy (non-hydrogen) atoms. The first-order chi connectivity index (χ1) is 9.06. The number of carbonyl (C=O) groups excluding carboxylic acids is 1. The van der Waals surface area contributed by atoms with Crippen molar-refractivity contribution in [3.05, 3.63) is 12.2 Å². The fourth-order valence-corrected chi connectivity index (χ4v) is 1.95. The Morgan fingerprint density at radius 2 is 2.16 bits per heavy atom. The van der Waals surface area contributed by atoms with E-state index in [1.807, 2.05) is 25.5 Å². The van der Waals surface area contributed by atoms with Gasteiger partial charge >= 0.3 is 0 Å². The Balaban J connectivity index is 2.35. The van der Waals surface area contributed by atoms with Crippen molar-refractivity contribution >= 4 is 5.91 Å². The summed E-state index contributed by atoms with van der Waals surface area (Å²) in [6, 6.07) is -0.253. The largest absolute Gasteiger partial charge is 0.355 e. The molecule has 0 aromatic carbocycles. The number of aryl methyl sites for hydroxylation is 1. The second-order valence-corrected chi connectivity index (χ2v) is 4.91. The quantitative estimate of drug-likeness (QED) is 0.693. The van der Waals surface area contributed by atoms with Crippen molar-refractivity contribution in [1.29, 1.82) is 0 Å². The third-order valence-electron chi connectivity index (χ3n) is 3.11. The number of rotatable bonds is 8. The molecule has 1 aromatic rings. The average molecular weight is 267 g/mol. The van der Waals surface area contributed by atoms with E-state index in [-0.39, 0.29) is 18.0 Å². The number of nitrogens with zero attached hydrogens (tertiary/aromatic N) is 3. The summed E-state index contributed by atoms with van der Waals surface area (Å²) in [7, 11) is 1.89. The van der Waals surface area contributed by atoms with Crippen LogP contribution in [0.4, 0.5) is 0 Å². The molecule has 6 heteroatoms. The highest BCUT2D eigenvalue weighted by Crippen LogP contribution is 2.08. The molecule has 6 nitrogen and oxygen atoms in total. The number of hydrogen-bond acceptors (Lipinski definition) is 4. The third-order valence-corrected chi connectivity index (χ3v) is 3.11. The van der Waals surface area contributed by atoms with E-state index >= 15 is 0 Å². The van der Waals surface area contributed by atoms with Gasteiger partial charge in [0.15, 0.2) is 0 Å². The molecule has 0 aliphatic heterocycles. The standard InChI is InChI=1S/C13H25N5O/c1-5-6-7-8-14-13(19)11(3)16-10(2)12-17-15-9-18(12)4/h9-11,16H,5-8H2,1-4H3,(H,14,19). The van der Waals surface area contributed by atoms with Crippen LogP contribution in [-0.4, -0.2) is 33.3 Å². The molecule has 1 aromatic heterocycles. The van der Waals surface area contributed by atoms with Crippen molar-refractivity contribution in [2.75, 3.05) is 6.54 Å². The number of carbonyl (C=O) groups is 1. The van der Waals surface area contributed by atoms with Gasteiger partial charge in [-0.1, -0.05) is 19.8 Å². The Hall–Kier alpha value is -1.43. The van der Waals surface area contributed by atoms with Gasteiger partial charge in [0.05, 0.1) is 12.1 Å². The summed E-state index contributed by atoms with van der Waals surface area (Å²) in [6.07, 6.45) is 5.00. The van der Waals surface area contributed by atoms with Gasteiger partial charge in [0.1, 0.15) is 12.2 Å². The monoisotopic (exact) mass is 267 g/mol. The predicted molar refractivity (Wildman–Crippen MR) is 74.6 cm³/mol. The summed E-state index contributed by atoms with van der Waals surface area (Å²) in [5.74, 6) is 0.857. The van der Waals surface area contributed by atoms with E-state index < -0.39 is 0 Å². The third kappa shape index (κ3) is 4.98. The van der Waals surface area contributed by atoms with Crippen molar-refractivity contribution in [2.45, 2.75) is 52.1 Å². The van der Waals surface area contributed by atoms with Crippen LogP contribution in [-0.2, 0) is 11.8 Å². The fraction of sp³-hybridized carbons (Fsp3) is 0.769. The lowest BCUT2D eigenvalue weighted by atomic mass is 10.2. The van der Waals surface area contributed by atoms with Crippen LogP contribution in [0.1, 0.15) is 51.9 Å². The van der Waals surface area contributed by atoms with Crippen molar-refractivity contribution in [3.63, 3.8) is 0 Å². The van der Waals surface area contributed by atoms with Crippen LogP contribution < -0.4 is 10.6 Å². The van der Waals surface area contributed by atoms with Crippen LogP contribution >= 0.6 is 0 Å². The van der Waals surface area contributed by atoms with Gasteiger partial charge in [-0.25, -0.2) is 0 Å². The average Bonchev–Trinajstić information content (AvgIpc) is 2.80. The molecule has 0 aliphatic carbocycles. The first-order valence-electron chi connectivity index (χ1n) is 6.94. The Kier molecular flexibility index (Phi) is 6.49. The number of amides is 1. The zero-order chi connectivity index (χ0) is 14.3. The Morgan fingerprint density at radius 1 is 1.42 bits per heavy atom. The lowest BCUT2D eigenvalue weighted by Crippen LogP contribution is -2.43. The van der Waals surface area contributed by atoms with Gasteiger partial charge < -0.3 is 9.88 Å². The minimum Gasteiger partial charge on any atom is -0.355 e. The van der Waals surface area contributed by atoms with Crippen molar-refractivity contribution in [1.82, 2.24) is 25.4 Å². The molecule has 2 atom stereocenters. The smallest absolute Gasteiger partial charge is 0.236 e. The molecule has 0 radical (unpaired) electrons. The van der Waals surface area contributed by atoms with Crippen molar-refractivity contribution < 1.29 is 4.79 Å². The van der Waals surface area contributed by atoms with E-state index in [9.17, 15) is 4.79 Å². The second kappa shape index (κ2) is 7.89. The normalized spacial score (nSPS) is 14.1. The van der Waals surface area contributed by atoms with E-state index in [0.29, 0.717) is 0 Å². The first kappa shape index (κ1) is 15.6. The number of aromatic nitrogens is 3. The maximum absolute atomic E-state index is 11.9. The summed E-state index contributed by atoms with van der Waals surface area (Å²) < 4.78 is 1.85. The molecule has 2 N–H and O–H groups in total. The van der Waals surface area contributed by atoms with Crippen LogP contribution in [0, 0.1) is 0 Å². The van der Waals surface area contributed by atoms with Crippen LogP contribution in [0.5, 0.6) is 0 Å². The molecule has 0 saturated heterocycles. The summed E-state index contributed by atoms with van der Waals surface area (Å²) in [5.41, 5.74) is 0. The molecule has 0 aliphatic rings. The SMILES string of the molecule is CCCCCNC(=O)C(C)NC(C)c1nncn1C. The van der Waals surface area contributed by atoms with E-state index in [2.05, 4.69) is 27.8 Å². The van der Waals surface area contributed by atoms with Crippen molar-refractivity contribution in [2.24, 2.45) is 7.05 Å². The zero-order valence-electron chi connectivity index (χ0n) is 12.3. The first-order valence-corrected chi connectivity index (χ1v) is 6.94. The highest BCUT2D eigenvalue weighted by atomic mass is 16.2. The van der Waals surface area contributed by atoms with Crippen LogP contribution in [0.25, 0.3) is 0 Å². The minimum absolute atomic E-state index is 0.0103. The molecule has 0 saturated carbocycles. The van der Waals surface area contributed by atoms with E-state index in [1.54, 1.807) is 6.33 Å². The molecular weight excluding hydrogens is 242 g/mol. The molecule has 0 fully saturated rings. The number of unbranched alkanes of at least 4 members (excludes halogenated alkanes) is 2. The lowest BCUT2D eigenvalue weighted by molar-refractivity contribution is -0.122. The summed E-state index contributed by atoms with van der Waals surface area (Å²) in [5, 5.41) is 14.0. The minimum atomic E-state index is -0.242. The van der Waals surface area contributed by atoms with E-state index in [1.165, 1.54) is 0 Å². The summed E-state index contributed by atoms with van der Waals surface area (Å²) in [4.78, 5) is 11.9. The maximum Gasteiger partial charge on any atom is 0.236 e. The molecule has 0 bridgehead atoms. The van der Waals surface area contributed by atoms with E-state index in [4.69, 9.17) is 0 Å². The molecule has 2 unspecified atom stereocenters. The molecule has 1 rings (SSSR count). The zero-order valence-corrected chi connectivity index (χ0v) is 12.3. The fourth-order valence-electron chi connectivity index (χ4n) is 1.95. The van der Waals surface area contributed by atoms with Gasteiger partial charge in [-0.3, -0.25) is 10.1 Å². The Bertz CT molecular complexity index is 390. The van der Waals surface area contributed by atoms with Crippen LogP contribution in [0.15, 0.2) is 6.33 Å². The van der Waals surface area contributed by atoms with Gasteiger partial charge in [0.25, 0.3) is 0 Å². The predicted octanol–water partition coefficient (Wildman–Crippen LogP) is 1.16. The molecule has 0 spiro atoms. The highest BCUT2D eigenvalue weighted by Gasteiger charge is 2.18. The van der Waals surface area contributed by atoms with Gasteiger partial charge in [0, 0.05) is 13.6 Å². The second-order valence-electron chi connectivity index (χ2n) is 4.91. The van der Waals surface area contributed by atoms with Gasteiger partial charge in [-0.05, 0) is 20.3 Å². The Labute approximate surface area is 115 Å². The maximum atomic E-state index is 11.9. The van der Waals surface area contributed by atoms with Gasteiger partial charge in [0.2, 0.25) is 5.91 Å². The van der Waals surface area contributed by atoms with Crippen LogP contribution in [0.3, 0.4) is 0 Å². The molecule has 1 amide bonds. The topological polar surface area (TPSA) is 71.8 Å². The lowest BCUT2D eigenvalue weighted by Gasteiger charge is -2.18. The van der Waals surface area contributed by atoms with Gasteiger partial charge in [-0.2, -0.15) is 0 Å². The number of nitrogens with one attached hydrogen (secondary N) is 2. The highest BCUT2D eigenvalue weighted by molar-refractivity contribution is 5.81. The molecular formula is C13H25N5O. The van der Waals surface area contributed by atoms with Gasteiger partial charge in [-0.15, -0.1) is 10.2 Å². The molecule has 1 heterocycles. The van der Waals surface area contributed by atoms with Crippen molar-refractivity contribution in [3.8, 4) is 0 Å².